The molecule has 7 nitrogen and oxygen atoms in total. The van der Waals surface area contributed by atoms with Crippen molar-refractivity contribution in [2.75, 3.05) is 26.2 Å². The maximum absolute atomic E-state index is 12.9. The third-order valence-corrected chi connectivity index (χ3v) is 5.46. The van der Waals surface area contributed by atoms with Crippen molar-refractivity contribution in [3.05, 3.63) is 58.8 Å². The average Bonchev–Trinajstić information content (AvgIpc) is 3.21. The van der Waals surface area contributed by atoms with Crippen LogP contribution in [0.4, 0.5) is 0 Å². The maximum atomic E-state index is 12.9. The van der Waals surface area contributed by atoms with E-state index in [1.807, 2.05) is 47.5 Å². The molecule has 1 fully saturated rings. The summed E-state index contributed by atoms with van der Waals surface area (Å²) in [4.78, 5) is 36.7. The summed E-state index contributed by atoms with van der Waals surface area (Å²) in [5.41, 5.74) is 4.67. The number of imidazole rings is 1. The number of hydrogen-bond donors (Lipinski definition) is 1. The first-order valence-electron chi connectivity index (χ1n) is 9.58. The Morgan fingerprint density at radius 3 is 2.54 bits per heavy atom. The Morgan fingerprint density at radius 1 is 1.14 bits per heavy atom. The number of aromatic amines is 1. The fourth-order valence-corrected chi connectivity index (χ4v) is 4.05. The zero-order valence-electron chi connectivity index (χ0n) is 16.5. The van der Waals surface area contributed by atoms with Gasteiger partial charge in [-0.15, -0.1) is 0 Å². The highest BCUT2D eigenvalue weighted by Crippen LogP contribution is 2.21. The largest absolute Gasteiger partial charge is 0.354 e. The third-order valence-electron chi connectivity index (χ3n) is 5.46. The summed E-state index contributed by atoms with van der Waals surface area (Å²) in [5.74, 6) is -0.0388. The smallest absolute Gasteiger partial charge is 0.270 e. The van der Waals surface area contributed by atoms with Gasteiger partial charge in [0, 0.05) is 56.4 Å². The van der Waals surface area contributed by atoms with Crippen LogP contribution in [0.15, 0.2) is 30.6 Å². The number of nitrogens with one attached hydrogen (secondary N) is 1. The molecule has 4 heterocycles. The van der Waals surface area contributed by atoms with Crippen molar-refractivity contribution >= 4 is 17.3 Å². The Labute approximate surface area is 164 Å². The second-order valence-corrected chi connectivity index (χ2v) is 7.45. The van der Waals surface area contributed by atoms with Crippen molar-refractivity contribution in [1.29, 1.82) is 0 Å². The molecule has 0 aromatic carbocycles. The van der Waals surface area contributed by atoms with Crippen LogP contribution in [0, 0.1) is 13.8 Å². The van der Waals surface area contributed by atoms with Crippen molar-refractivity contribution in [1.82, 2.24) is 24.2 Å². The number of H-pyrrole nitrogens is 1. The van der Waals surface area contributed by atoms with Crippen LogP contribution < -0.4 is 0 Å². The van der Waals surface area contributed by atoms with E-state index in [-0.39, 0.29) is 11.7 Å². The number of Topliss-reactive ketones (excluding diaryl/α,β-unsaturated/α-hetero) is 1. The SMILES string of the molecule is CC(=O)c1c(C)[nH]c(C(=O)N2CCN(Cc3cn4ccccc4n3)CC2)c1C. The Kier molecular flexibility index (Phi) is 4.77. The van der Waals surface area contributed by atoms with Crippen LogP contribution in [0.3, 0.4) is 0 Å². The molecule has 1 amide bonds. The zero-order chi connectivity index (χ0) is 19.8. The summed E-state index contributed by atoms with van der Waals surface area (Å²) in [6, 6.07) is 5.97. The highest BCUT2D eigenvalue weighted by Gasteiger charge is 2.27. The Bertz CT molecular complexity index is 1010. The van der Waals surface area contributed by atoms with Gasteiger partial charge in [-0.3, -0.25) is 14.5 Å². The zero-order valence-corrected chi connectivity index (χ0v) is 16.5. The van der Waals surface area contributed by atoms with E-state index in [2.05, 4.69) is 21.1 Å². The first-order valence-corrected chi connectivity index (χ1v) is 9.58. The molecule has 3 aromatic heterocycles. The summed E-state index contributed by atoms with van der Waals surface area (Å²) in [7, 11) is 0. The summed E-state index contributed by atoms with van der Waals surface area (Å²) in [6.07, 6.45) is 4.06. The van der Waals surface area contributed by atoms with E-state index in [4.69, 9.17) is 0 Å². The maximum Gasteiger partial charge on any atom is 0.270 e. The van der Waals surface area contributed by atoms with E-state index >= 15 is 0 Å². The molecule has 28 heavy (non-hydrogen) atoms. The molecule has 0 unspecified atom stereocenters. The Morgan fingerprint density at radius 2 is 1.89 bits per heavy atom. The third kappa shape index (κ3) is 3.33. The molecule has 0 spiro atoms. The Hall–Kier alpha value is -2.93. The number of pyridine rings is 1. The lowest BCUT2D eigenvalue weighted by molar-refractivity contribution is 0.0621. The van der Waals surface area contributed by atoms with Gasteiger partial charge >= 0.3 is 0 Å². The molecule has 0 aliphatic carbocycles. The standard InChI is InChI=1S/C21H25N5O2/c1-14-19(16(3)27)15(2)22-20(14)21(28)25-10-8-24(9-11-25)12-17-13-26-7-5-4-6-18(26)23-17/h4-7,13,22H,8-12H2,1-3H3. The van der Waals surface area contributed by atoms with Gasteiger partial charge in [0.25, 0.3) is 5.91 Å². The lowest BCUT2D eigenvalue weighted by Crippen LogP contribution is -2.48. The number of aryl methyl sites for hydroxylation is 1. The molecule has 0 atom stereocenters. The molecule has 146 valence electrons. The summed E-state index contributed by atoms with van der Waals surface area (Å²) < 4.78 is 2.03. The van der Waals surface area contributed by atoms with Gasteiger partial charge in [-0.25, -0.2) is 4.98 Å². The minimum absolute atomic E-state index is 0.0115. The van der Waals surface area contributed by atoms with Crippen LogP contribution in [0.2, 0.25) is 0 Å². The fraction of sp³-hybridized carbons (Fsp3) is 0.381. The average molecular weight is 379 g/mol. The van der Waals surface area contributed by atoms with Crippen LogP contribution in [0.1, 0.15) is 44.7 Å². The highest BCUT2D eigenvalue weighted by atomic mass is 16.2. The first-order chi connectivity index (χ1) is 13.4. The molecule has 0 saturated carbocycles. The number of carbonyl (C=O) groups is 2. The number of aromatic nitrogens is 3. The second kappa shape index (κ2) is 7.24. The van der Waals surface area contributed by atoms with E-state index in [9.17, 15) is 9.59 Å². The molecular formula is C21H25N5O2. The van der Waals surface area contributed by atoms with Crippen LogP contribution >= 0.6 is 0 Å². The van der Waals surface area contributed by atoms with E-state index in [0.717, 1.165) is 42.2 Å². The van der Waals surface area contributed by atoms with Crippen molar-refractivity contribution in [3.8, 4) is 0 Å². The lowest BCUT2D eigenvalue weighted by Gasteiger charge is -2.34. The molecule has 1 aliphatic rings. The molecule has 0 radical (unpaired) electrons. The van der Waals surface area contributed by atoms with Gasteiger partial charge in [0.1, 0.15) is 11.3 Å². The van der Waals surface area contributed by atoms with Crippen LogP contribution in [-0.2, 0) is 6.54 Å². The predicted molar refractivity (Wildman–Crippen MR) is 107 cm³/mol. The van der Waals surface area contributed by atoms with Crippen molar-refractivity contribution < 1.29 is 9.59 Å². The fourth-order valence-electron chi connectivity index (χ4n) is 4.05. The summed E-state index contributed by atoms with van der Waals surface area (Å²) >= 11 is 0. The summed E-state index contributed by atoms with van der Waals surface area (Å²) in [5, 5.41) is 0. The highest BCUT2D eigenvalue weighted by molar-refractivity contribution is 6.02. The second-order valence-electron chi connectivity index (χ2n) is 7.45. The number of piperazine rings is 1. The monoisotopic (exact) mass is 379 g/mol. The van der Waals surface area contributed by atoms with Crippen LogP contribution in [0.5, 0.6) is 0 Å². The lowest BCUT2D eigenvalue weighted by atomic mass is 10.1. The number of ketones is 1. The minimum Gasteiger partial charge on any atom is -0.354 e. The molecule has 3 aromatic rings. The number of amides is 1. The normalized spacial score (nSPS) is 15.3. The number of rotatable bonds is 4. The van der Waals surface area contributed by atoms with Gasteiger partial charge in [-0.05, 0) is 38.5 Å². The van der Waals surface area contributed by atoms with Crippen molar-refractivity contribution in [2.45, 2.75) is 27.3 Å². The molecule has 1 N–H and O–H groups in total. The topological polar surface area (TPSA) is 73.7 Å². The summed E-state index contributed by atoms with van der Waals surface area (Å²) in [6.45, 7) is 8.93. The van der Waals surface area contributed by atoms with Crippen LogP contribution in [-0.4, -0.2) is 62.0 Å². The van der Waals surface area contributed by atoms with E-state index < -0.39 is 0 Å². The van der Waals surface area contributed by atoms with Crippen molar-refractivity contribution in [3.63, 3.8) is 0 Å². The van der Waals surface area contributed by atoms with E-state index in [0.29, 0.717) is 24.3 Å². The number of nitrogens with zero attached hydrogens (tertiary/aromatic N) is 4. The first kappa shape index (κ1) is 18.4. The number of fused-ring (bicyclic) bond motifs is 1. The molecule has 4 rings (SSSR count). The Balaban J connectivity index is 1.40. The van der Waals surface area contributed by atoms with E-state index in [1.165, 1.54) is 6.92 Å². The van der Waals surface area contributed by atoms with Gasteiger partial charge < -0.3 is 14.3 Å². The van der Waals surface area contributed by atoms with Gasteiger partial charge in [0.15, 0.2) is 5.78 Å². The van der Waals surface area contributed by atoms with E-state index in [1.54, 1.807) is 0 Å². The number of carbonyl (C=O) groups excluding carboxylic acids is 2. The van der Waals surface area contributed by atoms with Crippen molar-refractivity contribution in [2.24, 2.45) is 0 Å². The number of hydrogen-bond acceptors (Lipinski definition) is 4. The molecule has 0 bridgehead atoms. The molecule has 1 aliphatic heterocycles. The molecular weight excluding hydrogens is 354 g/mol. The van der Waals surface area contributed by atoms with Gasteiger partial charge in [0.05, 0.1) is 5.69 Å². The minimum atomic E-state index is -0.0273. The molecule has 7 heteroatoms. The van der Waals surface area contributed by atoms with Gasteiger partial charge in [-0.1, -0.05) is 6.07 Å². The van der Waals surface area contributed by atoms with Crippen LogP contribution in [0.25, 0.3) is 5.65 Å². The predicted octanol–water partition coefficient (Wildman–Crippen LogP) is 2.44. The quantitative estimate of drug-likeness (QED) is 0.707. The van der Waals surface area contributed by atoms with Gasteiger partial charge in [-0.2, -0.15) is 0 Å². The van der Waals surface area contributed by atoms with Gasteiger partial charge in [0.2, 0.25) is 0 Å². The molecule has 1 saturated heterocycles.